The van der Waals surface area contributed by atoms with E-state index in [2.05, 4.69) is 32.9 Å². The smallest absolute Gasteiger partial charge is 0.0589 e. The highest BCUT2D eigenvalue weighted by molar-refractivity contribution is 9.10. The molecule has 0 unspecified atom stereocenters. The number of halogens is 1. The molecule has 0 aliphatic rings. The summed E-state index contributed by atoms with van der Waals surface area (Å²) in [5.74, 6) is 0. The van der Waals surface area contributed by atoms with E-state index in [1.807, 2.05) is 12.3 Å². The third kappa shape index (κ3) is 3.74. The standard InChI is InChI=1S/C10H15BrN2O/c1-13(5-6-14-2)8-9-7-12-4-3-10(9)11/h3-4,7H,5-6,8H2,1-2H3. The highest BCUT2D eigenvalue weighted by Gasteiger charge is 2.03. The van der Waals surface area contributed by atoms with Gasteiger partial charge in [0, 0.05) is 37.1 Å². The Morgan fingerprint density at radius 1 is 1.57 bits per heavy atom. The summed E-state index contributed by atoms with van der Waals surface area (Å²) in [6, 6.07) is 1.96. The number of hydrogen-bond donors (Lipinski definition) is 0. The van der Waals surface area contributed by atoms with Crippen LogP contribution in [0.15, 0.2) is 22.9 Å². The predicted molar refractivity (Wildman–Crippen MR) is 60.1 cm³/mol. The molecule has 0 spiro atoms. The van der Waals surface area contributed by atoms with Gasteiger partial charge >= 0.3 is 0 Å². The van der Waals surface area contributed by atoms with Crippen LogP contribution in [0.4, 0.5) is 0 Å². The van der Waals surface area contributed by atoms with Crippen molar-refractivity contribution in [1.82, 2.24) is 9.88 Å². The molecular formula is C10H15BrN2O. The van der Waals surface area contributed by atoms with E-state index in [0.29, 0.717) is 0 Å². The average Bonchev–Trinajstić information content (AvgIpc) is 2.18. The van der Waals surface area contributed by atoms with E-state index < -0.39 is 0 Å². The fraction of sp³-hybridized carbons (Fsp3) is 0.500. The molecule has 14 heavy (non-hydrogen) atoms. The Morgan fingerprint density at radius 3 is 3.00 bits per heavy atom. The van der Waals surface area contributed by atoms with Gasteiger partial charge in [0.05, 0.1) is 6.61 Å². The summed E-state index contributed by atoms with van der Waals surface area (Å²) < 4.78 is 6.12. The van der Waals surface area contributed by atoms with Crippen molar-refractivity contribution in [2.24, 2.45) is 0 Å². The molecule has 0 saturated heterocycles. The van der Waals surface area contributed by atoms with Gasteiger partial charge in [-0.05, 0) is 18.7 Å². The van der Waals surface area contributed by atoms with E-state index in [9.17, 15) is 0 Å². The van der Waals surface area contributed by atoms with E-state index in [1.165, 1.54) is 5.56 Å². The molecule has 0 saturated carbocycles. The summed E-state index contributed by atoms with van der Waals surface area (Å²) in [4.78, 5) is 6.29. The van der Waals surface area contributed by atoms with Gasteiger partial charge in [0.25, 0.3) is 0 Å². The number of likely N-dealkylation sites (N-methyl/N-ethyl adjacent to an activating group) is 1. The van der Waals surface area contributed by atoms with Crippen molar-refractivity contribution >= 4 is 15.9 Å². The monoisotopic (exact) mass is 258 g/mol. The molecule has 0 aliphatic carbocycles. The van der Waals surface area contributed by atoms with Gasteiger partial charge in [0.2, 0.25) is 0 Å². The Morgan fingerprint density at radius 2 is 2.36 bits per heavy atom. The quantitative estimate of drug-likeness (QED) is 0.807. The van der Waals surface area contributed by atoms with Crippen molar-refractivity contribution < 1.29 is 4.74 Å². The molecular weight excluding hydrogens is 244 g/mol. The molecule has 0 amide bonds. The second-order valence-corrected chi connectivity index (χ2v) is 4.05. The minimum Gasteiger partial charge on any atom is -0.383 e. The van der Waals surface area contributed by atoms with Gasteiger partial charge in [-0.3, -0.25) is 9.88 Å². The van der Waals surface area contributed by atoms with Gasteiger partial charge in [-0.15, -0.1) is 0 Å². The maximum atomic E-state index is 5.01. The number of rotatable bonds is 5. The molecule has 78 valence electrons. The van der Waals surface area contributed by atoms with E-state index in [-0.39, 0.29) is 0 Å². The maximum absolute atomic E-state index is 5.01. The zero-order valence-corrected chi connectivity index (χ0v) is 10.1. The fourth-order valence-electron chi connectivity index (χ4n) is 1.14. The van der Waals surface area contributed by atoms with Crippen LogP contribution in [-0.2, 0) is 11.3 Å². The van der Waals surface area contributed by atoms with Crippen molar-refractivity contribution in [2.45, 2.75) is 6.54 Å². The summed E-state index contributed by atoms with van der Waals surface area (Å²) in [5, 5.41) is 0. The third-order valence-corrected chi connectivity index (χ3v) is 2.74. The minimum atomic E-state index is 0.758. The second kappa shape index (κ2) is 6.11. The highest BCUT2D eigenvalue weighted by Crippen LogP contribution is 2.15. The van der Waals surface area contributed by atoms with E-state index in [4.69, 9.17) is 4.74 Å². The van der Waals surface area contributed by atoms with Crippen LogP contribution >= 0.6 is 15.9 Å². The Labute approximate surface area is 93.2 Å². The topological polar surface area (TPSA) is 25.4 Å². The lowest BCUT2D eigenvalue weighted by molar-refractivity contribution is 0.158. The first kappa shape index (κ1) is 11.6. The number of pyridine rings is 1. The summed E-state index contributed by atoms with van der Waals surface area (Å²) in [6.07, 6.45) is 3.66. The van der Waals surface area contributed by atoms with Crippen LogP contribution in [0.25, 0.3) is 0 Å². The van der Waals surface area contributed by atoms with Gasteiger partial charge in [0.1, 0.15) is 0 Å². The normalized spacial score (nSPS) is 10.9. The fourth-order valence-corrected chi connectivity index (χ4v) is 1.49. The number of hydrogen-bond acceptors (Lipinski definition) is 3. The second-order valence-electron chi connectivity index (χ2n) is 3.20. The Hall–Kier alpha value is -0.450. The van der Waals surface area contributed by atoms with Gasteiger partial charge in [-0.25, -0.2) is 0 Å². The van der Waals surface area contributed by atoms with Crippen molar-refractivity contribution in [2.75, 3.05) is 27.3 Å². The molecule has 4 heteroatoms. The van der Waals surface area contributed by atoms with Gasteiger partial charge in [0.15, 0.2) is 0 Å². The number of methoxy groups -OCH3 is 1. The first-order valence-electron chi connectivity index (χ1n) is 4.50. The first-order valence-corrected chi connectivity index (χ1v) is 5.29. The maximum Gasteiger partial charge on any atom is 0.0589 e. The SMILES string of the molecule is COCCN(C)Cc1cnccc1Br. The predicted octanol–water partition coefficient (Wildman–Crippen LogP) is 1.92. The first-order chi connectivity index (χ1) is 6.74. The number of ether oxygens (including phenoxy) is 1. The van der Waals surface area contributed by atoms with E-state index >= 15 is 0 Å². The molecule has 0 atom stereocenters. The van der Waals surface area contributed by atoms with Crippen LogP contribution in [0.2, 0.25) is 0 Å². The summed E-state index contributed by atoms with van der Waals surface area (Å²) >= 11 is 3.50. The zero-order valence-electron chi connectivity index (χ0n) is 8.53. The van der Waals surface area contributed by atoms with Gasteiger partial charge in [-0.1, -0.05) is 15.9 Å². The molecule has 0 radical (unpaired) electrons. The van der Waals surface area contributed by atoms with E-state index in [1.54, 1.807) is 13.3 Å². The molecule has 1 aromatic heterocycles. The lowest BCUT2D eigenvalue weighted by Crippen LogP contribution is -2.22. The summed E-state index contributed by atoms with van der Waals surface area (Å²) in [6.45, 7) is 2.57. The van der Waals surface area contributed by atoms with Crippen molar-refractivity contribution in [3.8, 4) is 0 Å². The Kier molecular flexibility index (Phi) is 5.07. The molecule has 0 aromatic carbocycles. The Bertz CT molecular complexity index is 281. The minimum absolute atomic E-state index is 0.758. The van der Waals surface area contributed by atoms with Crippen LogP contribution in [0.5, 0.6) is 0 Å². The van der Waals surface area contributed by atoms with Crippen LogP contribution in [-0.4, -0.2) is 37.2 Å². The van der Waals surface area contributed by atoms with Crippen molar-refractivity contribution in [3.63, 3.8) is 0 Å². The number of nitrogens with zero attached hydrogens (tertiary/aromatic N) is 2. The van der Waals surface area contributed by atoms with Crippen LogP contribution in [0, 0.1) is 0 Å². The largest absolute Gasteiger partial charge is 0.383 e. The van der Waals surface area contributed by atoms with Gasteiger partial charge < -0.3 is 4.74 Å². The summed E-state index contributed by atoms with van der Waals surface area (Å²) in [7, 11) is 3.78. The molecule has 1 aromatic rings. The molecule has 0 N–H and O–H groups in total. The Balaban J connectivity index is 2.47. The van der Waals surface area contributed by atoms with Crippen LogP contribution in [0.1, 0.15) is 5.56 Å². The van der Waals surface area contributed by atoms with Crippen molar-refractivity contribution in [1.29, 1.82) is 0 Å². The van der Waals surface area contributed by atoms with Crippen molar-refractivity contribution in [3.05, 3.63) is 28.5 Å². The van der Waals surface area contributed by atoms with E-state index in [0.717, 1.165) is 24.2 Å². The van der Waals surface area contributed by atoms with Crippen LogP contribution in [0.3, 0.4) is 0 Å². The molecule has 0 fully saturated rings. The highest BCUT2D eigenvalue weighted by atomic mass is 79.9. The average molecular weight is 259 g/mol. The summed E-state index contributed by atoms with van der Waals surface area (Å²) in [5.41, 5.74) is 1.20. The molecule has 0 bridgehead atoms. The van der Waals surface area contributed by atoms with Crippen LogP contribution < -0.4 is 0 Å². The lowest BCUT2D eigenvalue weighted by atomic mass is 10.3. The lowest BCUT2D eigenvalue weighted by Gasteiger charge is -2.16. The molecule has 3 nitrogen and oxygen atoms in total. The zero-order chi connectivity index (χ0) is 10.4. The number of aromatic nitrogens is 1. The molecule has 1 rings (SSSR count). The van der Waals surface area contributed by atoms with Gasteiger partial charge in [-0.2, -0.15) is 0 Å². The molecule has 1 heterocycles. The third-order valence-electron chi connectivity index (χ3n) is 1.96. The molecule has 0 aliphatic heterocycles.